The molecule has 0 bridgehead atoms. The number of fused-ring (bicyclic) bond motifs is 1. The van der Waals surface area contributed by atoms with Crippen LogP contribution in [0.25, 0.3) is 11.0 Å². The number of methoxy groups -OCH3 is 2. The van der Waals surface area contributed by atoms with Crippen molar-refractivity contribution < 1.29 is 9.47 Å². The highest BCUT2D eigenvalue weighted by Gasteiger charge is 2.49. The van der Waals surface area contributed by atoms with Crippen molar-refractivity contribution in [2.75, 3.05) is 14.2 Å². The van der Waals surface area contributed by atoms with Gasteiger partial charge in [-0.1, -0.05) is 66.7 Å². The maximum Gasteiger partial charge on any atom is 0.154 e. The smallest absolute Gasteiger partial charge is 0.154 e. The van der Waals surface area contributed by atoms with E-state index in [2.05, 4.69) is 60.1 Å². The number of rotatable bonds is 8. The van der Waals surface area contributed by atoms with E-state index in [1.165, 1.54) is 11.1 Å². The Labute approximate surface area is 193 Å². The average molecular weight is 439 g/mol. The van der Waals surface area contributed by atoms with E-state index in [1.54, 1.807) is 14.2 Å². The van der Waals surface area contributed by atoms with E-state index < -0.39 is 0 Å². The molecule has 166 valence electrons. The van der Waals surface area contributed by atoms with Gasteiger partial charge in [0.2, 0.25) is 0 Å². The lowest BCUT2D eigenvalue weighted by Crippen LogP contribution is -2.03. The molecule has 6 nitrogen and oxygen atoms in total. The standard InChI is InChI=1S/C27H26N4O2/c1-4-17-30-23(29-24-21(32-2)15-16-22(33-3)27(24)30)18-28-31-25(19-11-7-5-8-12-19)26(31)20-13-9-6-10-14-20/h4-16,18,25-26H,1,17H2,2-3H3/b28-18+/t25-,26-/m0/s1. The van der Waals surface area contributed by atoms with Crippen LogP contribution in [0.1, 0.15) is 29.0 Å². The zero-order valence-corrected chi connectivity index (χ0v) is 18.8. The minimum atomic E-state index is 0.186. The number of hydrogen-bond donors (Lipinski definition) is 0. The maximum absolute atomic E-state index is 5.61. The van der Waals surface area contributed by atoms with E-state index in [9.17, 15) is 0 Å². The molecule has 0 saturated carbocycles. The van der Waals surface area contributed by atoms with Crippen LogP contribution in [-0.2, 0) is 6.54 Å². The molecule has 1 aromatic heterocycles. The molecule has 0 unspecified atom stereocenters. The Bertz CT molecular complexity index is 1250. The van der Waals surface area contributed by atoms with Crippen molar-refractivity contribution in [1.29, 1.82) is 0 Å². The van der Waals surface area contributed by atoms with Crippen molar-refractivity contribution in [2.45, 2.75) is 18.6 Å². The molecule has 1 aliphatic heterocycles. The van der Waals surface area contributed by atoms with Crippen molar-refractivity contribution >= 4 is 17.2 Å². The normalized spacial score (nSPS) is 17.5. The first-order chi connectivity index (χ1) is 16.3. The van der Waals surface area contributed by atoms with Gasteiger partial charge in [0.1, 0.15) is 22.5 Å². The summed E-state index contributed by atoms with van der Waals surface area (Å²) in [4.78, 5) is 4.84. The summed E-state index contributed by atoms with van der Waals surface area (Å²) in [5, 5.41) is 7.00. The summed E-state index contributed by atoms with van der Waals surface area (Å²) in [6, 6.07) is 25.1. The van der Waals surface area contributed by atoms with Crippen molar-refractivity contribution in [3.05, 3.63) is 102 Å². The van der Waals surface area contributed by atoms with Crippen LogP contribution in [0.2, 0.25) is 0 Å². The summed E-state index contributed by atoms with van der Waals surface area (Å²) in [5.41, 5.74) is 4.09. The summed E-state index contributed by atoms with van der Waals surface area (Å²) < 4.78 is 13.2. The lowest BCUT2D eigenvalue weighted by atomic mass is 10.0. The third kappa shape index (κ3) is 3.74. The van der Waals surface area contributed by atoms with Crippen LogP contribution >= 0.6 is 0 Å². The van der Waals surface area contributed by atoms with Crippen LogP contribution in [0.15, 0.2) is 90.6 Å². The van der Waals surface area contributed by atoms with Crippen LogP contribution in [0, 0.1) is 0 Å². The van der Waals surface area contributed by atoms with Gasteiger partial charge in [-0.3, -0.25) is 5.01 Å². The molecule has 0 radical (unpaired) electrons. The second kappa shape index (κ2) is 8.82. The molecule has 1 fully saturated rings. The number of nitrogens with zero attached hydrogens (tertiary/aromatic N) is 4. The third-order valence-corrected chi connectivity index (χ3v) is 5.97. The highest BCUT2D eigenvalue weighted by Crippen LogP contribution is 2.54. The molecule has 0 amide bonds. The quantitative estimate of drug-likeness (QED) is 0.211. The third-order valence-electron chi connectivity index (χ3n) is 5.97. The largest absolute Gasteiger partial charge is 0.494 e. The first-order valence-corrected chi connectivity index (χ1v) is 10.9. The maximum atomic E-state index is 5.61. The Morgan fingerprint density at radius 1 is 0.879 bits per heavy atom. The molecular weight excluding hydrogens is 412 g/mol. The Morgan fingerprint density at radius 3 is 2.00 bits per heavy atom. The molecule has 4 aromatic rings. The number of allylic oxidation sites excluding steroid dienone is 1. The predicted octanol–water partition coefficient (Wildman–Crippen LogP) is 5.37. The molecule has 2 heterocycles. The van der Waals surface area contributed by atoms with Gasteiger partial charge >= 0.3 is 0 Å². The van der Waals surface area contributed by atoms with Crippen LogP contribution in [0.4, 0.5) is 0 Å². The fourth-order valence-corrected chi connectivity index (χ4v) is 4.40. The molecule has 1 saturated heterocycles. The van der Waals surface area contributed by atoms with Gasteiger partial charge in [-0.2, -0.15) is 5.10 Å². The SMILES string of the molecule is C=CCn1c(/C=N/N2[C@@H](c3ccccc3)[C@@H]2c2ccccc2)nc2c(OC)ccc(OC)c21. The van der Waals surface area contributed by atoms with E-state index in [1.807, 2.05) is 41.1 Å². The number of aromatic nitrogens is 2. The Kier molecular flexibility index (Phi) is 5.57. The van der Waals surface area contributed by atoms with Crippen molar-refractivity contribution in [2.24, 2.45) is 5.10 Å². The van der Waals surface area contributed by atoms with Gasteiger partial charge in [0, 0.05) is 6.54 Å². The van der Waals surface area contributed by atoms with E-state index in [4.69, 9.17) is 19.6 Å². The van der Waals surface area contributed by atoms with E-state index in [0.717, 1.165) is 22.6 Å². The van der Waals surface area contributed by atoms with Crippen LogP contribution in [-0.4, -0.2) is 35.0 Å². The molecular formula is C27H26N4O2. The summed E-state index contributed by atoms with van der Waals surface area (Å²) in [6.07, 6.45) is 3.66. The van der Waals surface area contributed by atoms with Crippen molar-refractivity contribution in [1.82, 2.24) is 14.6 Å². The average Bonchev–Trinajstić information content (AvgIpc) is 3.49. The monoisotopic (exact) mass is 438 g/mol. The second-order valence-electron chi connectivity index (χ2n) is 7.87. The zero-order valence-electron chi connectivity index (χ0n) is 18.8. The number of ether oxygens (including phenoxy) is 2. The van der Waals surface area contributed by atoms with Crippen LogP contribution < -0.4 is 9.47 Å². The highest BCUT2D eigenvalue weighted by atomic mass is 16.5. The highest BCUT2D eigenvalue weighted by molar-refractivity contribution is 5.92. The van der Waals surface area contributed by atoms with Gasteiger partial charge in [0.05, 0.1) is 32.5 Å². The van der Waals surface area contributed by atoms with Gasteiger partial charge in [0.25, 0.3) is 0 Å². The van der Waals surface area contributed by atoms with Crippen molar-refractivity contribution in [3.8, 4) is 11.5 Å². The Hall–Kier alpha value is -4.06. The Balaban J connectivity index is 1.56. The number of benzene rings is 3. The van der Waals surface area contributed by atoms with Gasteiger partial charge in [-0.05, 0) is 23.3 Å². The molecule has 0 spiro atoms. The van der Waals surface area contributed by atoms with E-state index in [0.29, 0.717) is 12.3 Å². The Morgan fingerprint density at radius 2 is 1.45 bits per heavy atom. The van der Waals surface area contributed by atoms with Gasteiger partial charge in [-0.15, -0.1) is 6.58 Å². The number of imidazole rings is 1. The van der Waals surface area contributed by atoms with E-state index in [-0.39, 0.29) is 12.1 Å². The number of hydrogen-bond acceptors (Lipinski definition) is 5. The van der Waals surface area contributed by atoms with Crippen LogP contribution in [0.3, 0.4) is 0 Å². The van der Waals surface area contributed by atoms with Gasteiger partial charge < -0.3 is 14.0 Å². The molecule has 0 N–H and O–H groups in total. The first-order valence-electron chi connectivity index (χ1n) is 10.9. The summed E-state index contributed by atoms with van der Waals surface area (Å²) in [7, 11) is 3.30. The zero-order chi connectivity index (χ0) is 22.8. The molecule has 1 aliphatic rings. The summed E-state index contributed by atoms with van der Waals surface area (Å²) in [5.74, 6) is 2.15. The number of hydrazone groups is 1. The fourth-order valence-electron chi connectivity index (χ4n) is 4.40. The van der Waals surface area contributed by atoms with E-state index >= 15 is 0 Å². The molecule has 5 rings (SSSR count). The lowest BCUT2D eigenvalue weighted by Gasteiger charge is -2.09. The summed E-state index contributed by atoms with van der Waals surface area (Å²) in [6.45, 7) is 4.49. The lowest BCUT2D eigenvalue weighted by molar-refractivity contribution is 0.409. The minimum absolute atomic E-state index is 0.186. The van der Waals surface area contributed by atoms with Gasteiger partial charge in [0.15, 0.2) is 5.82 Å². The molecule has 3 aromatic carbocycles. The fraction of sp³-hybridized carbons (Fsp3) is 0.185. The van der Waals surface area contributed by atoms with Gasteiger partial charge in [-0.25, -0.2) is 4.98 Å². The first kappa shape index (κ1) is 20.8. The molecule has 2 atom stereocenters. The van der Waals surface area contributed by atoms with Crippen molar-refractivity contribution in [3.63, 3.8) is 0 Å². The van der Waals surface area contributed by atoms with Crippen LogP contribution in [0.5, 0.6) is 11.5 Å². The minimum Gasteiger partial charge on any atom is -0.494 e. The molecule has 33 heavy (non-hydrogen) atoms. The topological polar surface area (TPSA) is 51.7 Å². The molecule has 6 heteroatoms. The summed E-state index contributed by atoms with van der Waals surface area (Å²) >= 11 is 0. The predicted molar refractivity (Wildman–Crippen MR) is 131 cm³/mol. The molecule has 0 aliphatic carbocycles. The second-order valence-corrected chi connectivity index (χ2v) is 7.87.